The lowest BCUT2D eigenvalue weighted by Gasteiger charge is -2.03. The summed E-state index contributed by atoms with van der Waals surface area (Å²) < 4.78 is 11.5. The van der Waals surface area contributed by atoms with Crippen molar-refractivity contribution >= 4 is 43.1 Å². The molecule has 0 saturated carbocycles. The van der Waals surface area contributed by atoms with Crippen LogP contribution in [0.1, 0.15) is 0 Å². The quantitative estimate of drug-likeness (QED) is 0.183. The molecule has 4 aromatic heterocycles. The van der Waals surface area contributed by atoms with Crippen LogP contribution in [-0.4, -0.2) is 0 Å². The van der Waals surface area contributed by atoms with Crippen molar-refractivity contribution in [2.75, 3.05) is 0 Å². The van der Waals surface area contributed by atoms with Crippen LogP contribution in [0.4, 0.5) is 0 Å². The molecule has 0 N–H and O–H groups in total. The number of para-hydroxylation sites is 2. The monoisotopic (exact) mass is 606 g/mol. The zero-order valence-corrected chi connectivity index (χ0v) is 26.1. The second kappa shape index (κ2) is 10.9. The van der Waals surface area contributed by atoms with Crippen molar-refractivity contribution in [1.82, 2.24) is 0 Å². The molecule has 44 heavy (non-hydrogen) atoms. The van der Waals surface area contributed by atoms with Crippen molar-refractivity contribution in [3.63, 3.8) is 0 Å². The molecule has 8 aromatic rings. The standard InChI is InChI=1S/C38H30N4S2/c1-39-33-13-3-5-15-35(33)43-37(39)29-9-7-11-31(25-29)41-21-17-27(18-22-41)28-19-23-42(24-20-28)32-12-8-10-30(26-32)38-40(2)34-14-4-6-16-36(34)44-38/h3-26H,1-2H3/q+4. The molecular weight excluding hydrogens is 577 g/mol. The van der Waals surface area contributed by atoms with Gasteiger partial charge in [0.15, 0.2) is 24.8 Å². The molecule has 0 fully saturated rings. The zero-order chi connectivity index (χ0) is 29.6. The molecule has 0 bridgehead atoms. The summed E-state index contributed by atoms with van der Waals surface area (Å²) in [6.07, 6.45) is 8.59. The van der Waals surface area contributed by atoms with E-state index in [0.29, 0.717) is 0 Å². The van der Waals surface area contributed by atoms with Gasteiger partial charge in [-0.25, -0.2) is 0 Å². The molecule has 6 heteroatoms. The van der Waals surface area contributed by atoms with Crippen LogP contribution in [0.2, 0.25) is 0 Å². The molecule has 0 aliphatic carbocycles. The van der Waals surface area contributed by atoms with E-state index in [-0.39, 0.29) is 0 Å². The lowest BCUT2D eigenvalue weighted by molar-refractivity contribution is -0.629. The van der Waals surface area contributed by atoms with Crippen LogP contribution in [0.5, 0.6) is 0 Å². The molecule has 4 nitrogen and oxygen atoms in total. The SMILES string of the molecule is C[n+]1c(-c2cccc(-[n+]3ccc(-c4cc[n+](-c5cccc(-c6sc7ccccc7[n+]6C)c5)cc4)cc3)c2)sc2ccccc21. The smallest absolute Gasteiger partial charge is 0.184 e. The molecule has 0 saturated heterocycles. The minimum absolute atomic E-state index is 1.14. The van der Waals surface area contributed by atoms with E-state index >= 15 is 0 Å². The topological polar surface area (TPSA) is 15.5 Å². The van der Waals surface area contributed by atoms with E-state index in [1.807, 2.05) is 22.7 Å². The number of fused-ring (bicyclic) bond motifs is 2. The predicted octanol–water partition coefficient (Wildman–Crippen LogP) is 7.32. The number of hydrogen-bond acceptors (Lipinski definition) is 2. The van der Waals surface area contributed by atoms with Crippen LogP contribution in [-0.2, 0) is 14.1 Å². The van der Waals surface area contributed by atoms with E-state index < -0.39 is 0 Å². The first-order valence-corrected chi connectivity index (χ1v) is 16.3. The van der Waals surface area contributed by atoms with Crippen LogP contribution in [0, 0.1) is 0 Å². The largest absolute Gasteiger partial charge is 0.270 e. The Bertz CT molecular complexity index is 2130. The van der Waals surface area contributed by atoms with Gasteiger partial charge in [-0.15, -0.1) is 0 Å². The van der Waals surface area contributed by atoms with Crippen LogP contribution >= 0.6 is 22.7 Å². The van der Waals surface area contributed by atoms with E-state index in [0.717, 1.165) is 11.4 Å². The lowest BCUT2D eigenvalue weighted by Crippen LogP contribution is -2.31. The Kier molecular flexibility index (Phi) is 6.59. The number of thiazole rings is 2. The lowest BCUT2D eigenvalue weighted by atomic mass is 10.1. The summed E-state index contributed by atoms with van der Waals surface area (Å²) >= 11 is 3.66. The average molecular weight is 607 g/mol. The van der Waals surface area contributed by atoms with Gasteiger partial charge in [-0.3, -0.25) is 0 Å². The number of nitrogens with zero attached hydrogens (tertiary/aromatic N) is 4. The van der Waals surface area contributed by atoms with E-state index in [1.165, 1.54) is 52.7 Å². The van der Waals surface area contributed by atoms with Gasteiger partial charge < -0.3 is 0 Å². The van der Waals surface area contributed by atoms with Gasteiger partial charge in [0.05, 0.1) is 11.1 Å². The van der Waals surface area contributed by atoms with Crippen LogP contribution in [0.3, 0.4) is 0 Å². The fraction of sp³-hybridized carbons (Fsp3) is 0.0526. The Labute approximate surface area is 264 Å². The van der Waals surface area contributed by atoms with Gasteiger partial charge in [0, 0.05) is 60.7 Å². The second-order valence-corrected chi connectivity index (χ2v) is 13.0. The first-order chi connectivity index (χ1) is 21.6. The highest BCUT2D eigenvalue weighted by atomic mass is 32.1. The number of rotatable bonds is 5. The molecule has 0 aliphatic heterocycles. The third kappa shape index (κ3) is 4.69. The maximum absolute atomic E-state index is 2.29. The molecule has 0 spiro atoms. The number of hydrogen-bond donors (Lipinski definition) is 0. The van der Waals surface area contributed by atoms with Gasteiger partial charge >= 0.3 is 0 Å². The van der Waals surface area contributed by atoms with Crippen molar-refractivity contribution in [2.45, 2.75) is 0 Å². The highest BCUT2D eigenvalue weighted by Gasteiger charge is 2.21. The second-order valence-electron chi connectivity index (χ2n) is 11.0. The summed E-state index contributed by atoms with van der Waals surface area (Å²) in [7, 11) is 4.29. The number of pyridine rings is 2. The van der Waals surface area contributed by atoms with Gasteiger partial charge in [0.25, 0.3) is 10.0 Å². The molecule has 0 aliphatic rings. The Balaban J connectivity index is 1.04. The number of aromatic nitrogens is 4. The predicted molar refractivity (Wildman–Crippen MR) is 179 cm³/mol. The highest BCUT2D eigenvalue weighted by molar-refractivity contribution is 7.21. The van der Waals surface area contributed by atoms with Gasteiger partial charge in [0.1, 0.15) is 23.5 Å². The van der Waals surface area contributed by atoms with E-state index in [4.69, 9.17) is 0 Å². The first-order valence-electron chi connectivity index (χ1n) is 14.6. The summed E-state index contributed by atoms with van der Waals surface area (Å²) in [5, 5.41) is 2.51. The Morgan fingerprint density at radius 1 is 0.409 bits per heavy atom. The van der Waals surface area contributed by atoms with Crippen molar-refractivity contribution in [3.8, 4) is 43.6 Å². The van der Waals surface area contributed by atoms with Gasteiger partial charge in [-0.05, 0) is 35.4 Å². The normalized spacial score (nSPS) is 11.4. The summed E-state index contributed by atoms with van der Waals surface area (Å²) in [6, 6.07) is 43.4. The van der Waals surface area contributed by atoms with Gasteiger partial charge in [-0.2, -0.15) is 18.3 Å². The fourth-order valence-electron chi connectivity index (χ4n) is 5.89. The summed E-state index contributed by atoms with van der Waals surface area (Å²) in [6.45, 7) is 0. The van der Waals surface area contributed by atoms with Crippen LogP contribution < -0.4 is 18.3 Å². The molecule has 0 radical (unpaired) electrons. The zero-order valence-electron chi connectivity index (χ0n) is 24.5. The van der Waals surface area contributed by atoms with Gasteiger partial charge in [-0.1, -0.05) is 59.1 Å². The van der Waals surface area contributed by atoms with Crippen molar-refractivity contribution in [3.05, 3.63) is 146 Å². The molecule has 4 heterocycles. The van der Waals surface area contributed by atoms with Crippen molar-refractivity contribution < 1.29 is 18.3 Å². The molecule has 0 unspecified atom stereocenters. The molecule has 0 atom stereocenters. The minimum atomic E-state index is 1.14. The van der Waals surface area contributed by atoms with E-state index in [2.05, 4.69) is 178 Å². The maximum Gasteiger partial charge on any atom is 0.270 e. The summed E-state index contributed by atoms with van der Waals surface area (Å²) in [4.78, 5) is 0. The van der Waals surface area contributed by atoms with Crippen molar-refractivity contribution in [2.24, 2.45) is 14.1 Å². The van der Waals surface area contributed by atoms with Crippen LogP contribution in [0.15, 0.2) is 146 Å². The number of benzene rings is 4. The van der Waals surface area contributed by atoms with E-state index in [9.17, 15) is 0 Å². The maximum atomic E-state index is 2.29. The molecule has 4 aromatic carbocycles. The fourth-order valence-corrected chi connectivity index (χ4v) is 8.18. The minimum Gasteiger partial charge on any atom is -0.184 e. The van der Waals surface area contributed by atoms with E-state index in [1.54, 1.807) is 0 Å². The average Bonchev–Trinajstić information content (AvgIpc) is 3.61. The third-order valence-corrected chi connectivity index (χ3v) is 10.8. The molecule has 0 amide bonds. The Hall–Kier alpha value is -5.04. The highest BCUT2D eigenvalue weighted by Crippen LogP contribution is 2.30. The third-order valence-electron chi connectivity index (χ3n) is 8.25. The Morgan fingerprint density at radius 3 is 1.23 bits per heavy atom. The van der Waals surface area contributed by atoms with Crippen molar-refractivity contribution in [1.29, 1.82) is 0 Å². The first kappa shape index (κ1) is 26.6. The molecule has 210 valence electrons. The Morgan fingerprint density at radius 2 is 0.818 bits per heavy atom. The summed E-state index contributed by atoms with van der Waals surface area (Å²) in [5.74, 6) is 0. The summed E-state index contributed by atoms with van der Waals surface area (Å²) in [5.41, 5.74) is 9.63. The molecular formula is C38H30N4S2+4. The van der Waals surface area contributed by atoms with Crippen LogP contribution in [0.25, 0.3) is 64.1 Å². The number of aryl methyl sites for hydroxylation is 2. The molecule has 8 rings (SSSR count). The van der Waals surface area contributed by atoms with Gasteiger partial charge in [0.2, 0.25) is 22.4 Å².